The van der Waals surface area contributed by atoms with Gasteiger partial charge in [0, 0.05) is 0 Å². The van der Waals surface area contributed by atoms with Crippen LogP contribution in [-0.2, 0) is 11.3 Å². The van der Waals surface area contributed by atoms with Gasteiger partial charge in [-0.25, -0.2) is 0 Å². The van der Waals surface area contributed by atoms with Crippen molar-refractivity contribution in [3.8, 4) is 0 Å². The van der Waals surface area contributed by atoms with Gasteiger partial charge in [0.2, 0.25) is 0 Å². The van der Waals surface area contributed by atoms with E-state index in [1.165, 1.54) is 0 Å². The first kappa shape index (κ1) is 12.2. The second-order valence-electron chi connectivity index (χ2n) is 3.98. The molecule has 90 valence electrons. The third-order valence-electron chi connectivity index (χ3n) is 2.53. The Labute approximate surface area is 108 Å². The Morgan fingerprint density at radius 2 is 1.56 bits per heavy atom. The largest absolute Gasteiger partial charge is 0.490 e. The quantitative estimate of drug-likeness (QED) is 0.551. The molecule has 0 fully saturated rings. The first-order valence-corrected chi connectivity index (χ1v) is 5.93. The van der Waals surface area contributed by atoms with Crippen LogP contribution in [0.2, 0.25) is 0 Å². The van der Waals surface area contributed by atoms with Gasteiger partial charge in [-0.1, -0.05) is 73.3 Å². The summed E-state index contributed by atoms with van der Waals surface area (Å²) in [7, 11) is 0. The van der Waals surface area contributed by atoms with Crippen molar-refractivity contribution in [1.82, 2.24) is 0 Å². The maximum atomic E-state index is 5.57. The summed E-state index contributed by atoms with van der Waals surface area (Å²) in [5, 5.41) is 0. The lowest BCUT2D eigenvalue weighted by molar-refractivity contribution is 0.213. The summed E-state index contributed by atoms with van der Waals surface area (Å²) in [5.74, 6) is 0.669. The van der Waals surface area contributed by atoms with Gasteiger partial charge < -0.3 is 4.74 Å². The van der Waals surface area contributed by atoms with Crippen LogP contribution in [0.4, 0.5) is 0 Å². The van der Waals surface area contributed by atoms with Crippen LogP contribution in [0.15, 0.2) is 79.1 Å². The number of allylic oxidation sites excluding steroid dienone is 1. The van der Waals surface area contributed by atoms with Crippen molar-refractivity contribution in [2.75, 3.05) is 0 Å². The standard InChI is InChI=1S/C17H16O/c1-15(12-13-16-8-4-2-5-9-16)18-14-17-10-6-3-7-11-17/h2-13H,1,14H2/b13-12+. The average Bonchev–Trinajstić information content (AvgIpc) is 2.45. The zero-order valence-electron chi connectivity index (χ0n) is 10.3. The Bertz CT molecular complexity index is 512. The van der Waals surface area contributed by atoms with Crippen molar-refractivity contribution in [1.29, 1.82) is 0 Å². The summed E-state index contributed by atoms with van der Waals surface area (Å²) in [6.45, 7) is 4.43. The summed E-state index contributed by atoms with van der Waals surface area (Å²) >= 11 is 0. The molecule has 0 radical (unpaired) electrons. The van der Waals surface area contributed by atoms with Crippen LogP contribution in [0.25, 0.3) is 6.08 Å². The molecule has 0 aromatic heterocycles. The molecule has 0 aliphatic rings. The van der Waals surface area contributed by atoms with Crippen molar-refractivity contribution in [2.45, 2.75) is 6.61 Å². The number of hydrogen-bond donors (Lipinski definition) is 0. The lowest BCUT2D eigenvalue weighted by atomic mass is 10.2. The molecule has 0 aliphatic heterocycles. The molecule has 0 heterocycles. The topological polar surface area (TPSA) is 9.23 Å². The molecule has 18 heavy (non-hydrogen) atoms. The van der Waals surface area contributed by atoms with Gasteiger partial charge in [0.05, 0.1) is 0 Å². The highest BCUT2D eigenvalue weighted by molar-refractivity contribution is 5.51. The predicted molar refractivity (Wildman–Crippen MR) is 75.8 cm³/mol. The number of rotatable bonds is 5. The predicted octanol–water partition coefficient (Wildman–Crippen LogP) is 4.43. The number of ether oxygens (including phenoxy) is 1. The average molecular weight is 236 g/mol. The molecule has 1 heteroatoms. The van der Waals surface area contributed by atoms with Crippen molar-refractivity contribution in [3.05, 3.63) is 90.2 Å². The van der Waals surface area contributed by atoms with Crippen LogP contribution >= 0.6 is 0 Å². The van der Waals surface area contributed by atoms with Gasteiger partial charge in [-0.3, -0.25) is 0 Å². The highest BCUT2D eigenvalue weighted by atomic mass is 16.5. The van der Waals surface area contributed by atoms with Crippen LogP contribution in [-0.4, -0.2) is 0 Å². The maximum Gasteiger partial charge on any atom is 0.113 e. The minimum Gasteiger partial charge on any atom is -0.490 e. The Kier molecular flexibility index (Phi) is 4.37. The fraction of sp³-hybridized carbons (Fsp3) is 0.0588. The fourth-order valence-electron chi connectivity index (χ4n) is 1.55. The molecule has 0 saturated heterocycles. The number of hydrogen-bond acceptors (Lipinski definition) is 1. The Hall–Kier alpha value is -2.28. The van der Waals surface area contributed by atoms with Crippen LogP contribution in [0, 0.1) is 0 Å². The van der Waals surface area contributed by atoms with E-state index in [1.807, 2.05) is 72.8 Å². The summed E-state index contributed by atoms with van der Waals surface area (Å²) in [4.78, 5) is 0. The maximum absolute atomic E-state index is 5.57. The Balaban J connectivity index is 1.84. The molecular formula is C17H16O. The van der Waals surface area contributed by atoms with E-state index in [9.17, 15) is 0 Å². The molecule has 1 nitrogen and oxygen atoms in total. The van der Waals surface area contributed by atoms with Gasteiger partial charge in [0.15, 0.2) is 0 Å². The Morgan fingerprint density at radius 3 is 2.22 bits per heavy atom. The van der Waals surface area contributed by atoms with Crippen molar-refractivity contribution in [2.24, 2.45) is 0 Å². The molecule has 0 saturated carbocycles. The Morgan fingerprint density at radius 1 is 0.944 bits per heavy atom. The third kappa shape index (κ3) is 3.95. The van der Waals surface area contributed by atoms with Crippen LogP contribution in [0.5, 0.6) is 0 Å². The molecule has 0 atom stereocenters. The SMILES string of the molecule is C=C(/C=C/c1ccccc1)OCc1ccccc1. The smallest absolute Gasteiger partial charge is 0.113 e. The first-order valence-electron chi connectivity index (χ1n) is 5.93. The molecular weight excluding hydrogens is 220 g/mol. The minimum atomic E-state index is 0.554. The molecule has 2 aromatic carbocycles. The molecule has 0 aliphatic carbocycles. The molecule has 2 rings (SSSR count). The van der Waals surface area contributed by atoms with E-state index in [0.29, 0.717) is 12.4 Å². The summed E-state index contributed by atoms with van der Waals surface area (Å²) in [5.41, 5.74) is 2.29. The highest BCUT2D eigenvalue weighted by Crippen LogP contribution is 2.08. The zero-order chi connectivity index (χ0) is 12.6. The molecule has 0 bridgehead atoms. The van der Waals surface area contributed by atoms with Gasteiger partial charge in [-0.15, -0.1) is 0 Å². The van der Waals surface area contributed by atoms with Crippen LogP contribution in [0.3, 0.4) is 0 Å². The van der Waals surface area contributed by atoms with E-state index in [0.717, 1.165) is 11.1 Å². The monoisotopic (exact) mass is 236 g/mol. The van der Waals surface area contributed by atoms with E-state index < -0.39 is 0 Å². The van der Waals surface area contributed by atoms with E-state index in [2.05, 4.69) is 6.58 Å². The molecule has 2 aromatic rings. The van der Waals surface area contributed by atoms with E-state index in [4.69, 9.17) is 4.74 Å². The second-order valence-corrected chi connectivity index (χ2v) is 3.98. The van der Waals surface area contributed by atoms with E-state index >= 15 is 0 Å². The summed E-state index contributed by atoms with van der Waals surface area (Å²) < 4.78 is 5.57. The summed E-state index contributed by atoms with van der Waals surface area (Å²) in [6.07, 6.45) is 3.88. The summed E-state index contributed by atoms with van der Waals surface area (Å²) in [6, 6.07) is 20.2. The minimum absolute atomic E-state index is 0.554. The van der Waals surface area contributed by atoms with E-state index in [-0.39, 0.29) is 0 Å². The normalized spacial score (nSPS) is 10.4. The van der Waals surface area contributed by atoms with Gasteiger partial charge in [-0.05, 0) is 17.2 Å². The second kappa shape index (κ2) is 6.45. The molecule has 0 spiro atoms. The van der Waals surface area contributed by atoms with Crippen molar-refractivity contribution >= 4 is 6.08 Å². The molecule has 0 amide bonds. The zero-order valence-corrected chi connectivity index (χ0v) is 10.3. The third-order valence-corrected chi connectivity index (χ3v) is 2.53. The first-order chi connectivity index (χ1) is 8.84. The van der Waals surface area contributed by atoms with Crippen LogP contribution in [0.1, 0.15) is 11.1 Å². The molecule has 0 unspecified atom stereocenters. The van der Waals surface area contributed by atoms with Gasteiger partial charge in [0.25, 0.3) is 0 Å². The lowest BCUT2D eigenvalue weighted by Crippen LogP contribution is -1.89. The van der Waals surface area contributed by atoms with Gasteiger partial charge in [0.1, 0.15) is 12.4 Å². The van der Waals surface area contributed by atoms with Crippen LogP contribution < -0.4 is 0 Å². The van der Waals surface area contributed by atoms with Gasteiger partial charge in [-0.2, -0.15) is 0 Å². The van der Waals surface area contributed by atoms with Crippen molar-refractivity contribution in [3.63, 3.8) is 0 Å². The van der Waals surface area contributed by atoms with E-state index in [1.54, 1.807) is 0 Å². The van der Waals surface area contributed by atoms with Gasteiger partial charge >= 0.3 is 0 Å². The number of benzene rings is 2. The molecule has 0 N–H and O–H groups in total. The van der Waals surface area contributed by atoms with Crippen molar-refractivity contribution < 1.29 is 4.74 Å². The lowest BCUT2D eigenvalue weighted by Gasteiger charge is -2.05. The highest BCUT2D eigenvalue weighted by Gasteiger charge is 1.93. The fourth-order valence-corrected chi connectivity index (χ4v) is 1.55.